The van der Waals surface area contributed by atoms with Crippen LogP contribution in [0.1, 0.15) is 15.9 Å². The molecule has 150 valence electrons. The van der Waals surface area contributed by atoms with Crippen molar-refractivity contribution >= 4 is 5.91 Å². The molecule has 0 unspecified atom stereocenters. The van der Waals surface area contributed by atoms with Crippen LogP contribution in [-0.2, 0) is 6.54 Å². The van der Waals surface area contributed by atoms with Crippen molar-refractivity contribution in [2.75, 3.05) is 47.5 Å². The van der Waals surface area contributed by atoms with Crippen molar-refractivity contribution in [2.24, 2.45) is 0 Å². The second-order valence-corrected chi connectivity index (χ2v) is 6.75. The first-order chi connectivity index (χ1) is 13.6. The van der Waals surface area contributed by atoms with E-state index >= 15 is 0 Å². The van der Waals surface area contributed by atoms with Gasteiger partial charge in [0.05, 0.1) is 53.1 Å². The first-order valence-corrected chi connectivity index (χ1v) is 9.25. The van der Waals surface area contributed by atoms with Gasteiger partial charge in [-0.15, -0.1) is 0 Å². The number of nitrogens with zero attached hydrogens (tertiary/aromatic N) is 1. The van der Waals surface area contributed by atoms with E-state index in [9.17, 15) is 9.90 Å². The number of carbonyl (C=O) groups is 1. The maximum Gasteiger partial charge on any atom is 0.258 e. The first kappa shape index (κ1) is 19.8. The molecule has 3 rings (SSSR count). The fraction of sp³-hybridized carbons (Fsp3) is 0.381. The van der Waals surface area contributed by atoms with Gasteiger partial charge in [0.2, 0.25) is 0 Å². The Kier molecular flexibility index (Phi) is 6.26. The fourth-order valence-corrected chi connectivity index (χ4v) is 3.52. The highest BCUT2D eigenvalue weighted by Crippen LogP contribution is 2.34. The lowest BCUT2D eigenvalue weighted by atomic mass is 10.1. The van der Waals surface area contributed by atoms with E-state index in [1.54, 1.807) is 31.4 Å². The Bertz CT molecular complexity index is 806. The molecule has 1 heterocycles. The minimum Gasteiger partial charge on any atom is -0.867 e. The number of rotatable bonds is 6. The number of piperazine rings is 1. The normalized spacial score (nSPS) is 14.6. The topological polar surface area (TPSA) is 75.5 Å². The Morgan fingerprint density at radius 1 is 1.00 bits per heavy atom. The predicted octanol–water partition coefficient (Wildman–Crippen LogP) is 0.327. The van der Waals surface area contributed by atoms with Crippen LogP contribution in [0, 0.1) is 0 Å². The Morgan fingerprint density at radius 2 is 1.57 bits per heavy atom. The van der Waals surface area contributed by atoms with Gasteiger partial charge in [-0.05, 0) is 30.0 Å². The van der Waals surface area contributed by atoms with E-state index < -0.39 is 0 Å². The minimum absolute atomic E-state index is 0.00412. The summed E-state index contributed by atoms with van der Waals surface area (Å²) < 4.78 is 15.6. The molecule has 1 N–H and O–H groups in total. The van der Waals surface area contributed by atoms with Gasteiger partial charge < -0.3 is 29.1 Å². The lowest BCUT2D eigenvalue weighted by Gasteiger charge is -2.32. The number of nitrogens with one attached hydrogen (secondary N) is 1. The van der Waals surface area contributed by atoms with Gasteiger partial charge in [-0.1, -0.05) is 12.1 Å². The van der Waals surface area contributed by atoms with Gasteiger partial charge in [-0.25, -0.2) is 0 Å². The number of carbonyl (C=O) groups excluding carboxylic acids is 1. The molecule has 1 aliphatic heterocycles. The summed E-state index contributed by atoms with van der Waals surface area (Å²) in [5.41, 5.74) is 1.57. The molecule has 0 saturated carbocycles. The molecule has 0 aliphatic carbocycles. The lowest BCUT2D eigenvalue weighted by Crippen LogP contribution is -3.13. The number of ether oxygens (including phenoxy) is 3. The van der Waals surface area contributed by atoms with Crippen molar-refractivity contribution in [2.45, 2.75) is 6.54 Å². The molecular weight excluding hydrogens is 360 g/mol. The van der Waals surface area contributed by atoms with E-state index in [1.807, 2.05) is 17.0 Å². The first-order valence-electron chi connectivity index (χ1n) is 9.25. The highest BCUT2D eigenvalue weighted by atomic mass is 16.5. The van der Waals surface area contributed by atoms with Crippen LogP contribution in [0.4, 0.5) is 0 Å². The monoisotopic (exact) mass is 386 g/mol. The third-order valence-electron chi connectivity index (χ3n) is 5.07. The van der Waals surface area contributed by atoms with Crippen LogP contribution in [0.5, 0.6) is 23.0 Å². The van der Waals surface area contributed by atoms with Crippen molar-refractivity contribution < 1.29 is 29.0 Å². The van der Waals surface area contributed by atoms with Gasteiger partial charge in [0, 0.05) is 5.56 Å². The van der Waals surface area contributed by atoms with E-state index in [0.717, 1.165) is 25.2 Å². The zero-order valence-electron chi connectivity index (χ0n) is 16.5. The van der Waals surface area contributed by atoms with Crippen molar-refractivity contribution in [3.05, 3.63) is 47.5 Å². The van der Waals surface area contributed by atoms with Crippen molar-refractivity contribution in [3.63, 3.8) is 0 Å². The fourth-order valence-electron chi connectivity index (χ4n) is 3.52. The Labute approximate surface area is 165 Å². The molecule has 0 spiro atoms. The average Bonchev–Trinajstić information content (AvgIpc) is 2.74. The van der Waals surface area contributed by atoms with Gasteiger partial charge in [0.25, 0.3) is 5.91 Å². The maximum atomic E-state index is 12.8. The van der Waals surface area contributed by atoms with E-state index in [1.165, 1.54) is 19.1 Å². The van der Waals surface area contributed by atoms with Crippen LogP contribution < -0.4 is 24.2 Å². The molecule has 1 amide bonds. The highest BCUT2D eigenvalue weighted by molar-refractivity contribution is 5.97. The zero-order valence-corrected chi connectivity index (χ0v) is 16.5. The van der Waals surface area contributed by atoms with Crippen LogP contribution in [0.25, 0.3) is 0 Å². The standard InChI is InChI=1S/C21H26N2O5/c1-26-17-7-5-4-6-16(17)21(25)23-10-8-22(9-11-23)14-15-12-18(27-2)20(24)19(13-15)28-3/h4-7,12-13,24H,8-11,14H2,1-3H3. The molecular formula is C21H26N2O5. The summed E-state index contributed by atoms with van der Waals surface area (Å²) in [6, 6.07) is 10.8. The molecule has 1 saturated heterocycles. The second kappa shape index (κ2) is 8.84. The largest absolute Gasteiger partial charge is 0.867 e. The number of hydrogen-bond acceptors (Lipinski definition) is 5. The quantitative estimate of drug-likeness (QED) is 0.774. The average molecular weight is 386 g/mol. The molecule has 7 heteroatoms. The van der Waals surface area contributed by atoms with Crippen LogP contribution in [0.3, 0.4) is 0 Å². The molecule has 1 aliphatic rings. The van der Waals surface area contributed by atoms with Gasteiger partial charge in [0.15, 0.2) is 0 Å². The molecule has 1 fully saturated rings. The summed E-state index contributed by atoms with van der Waals surface area (Å²) in [6.45, 7) is 3.72. The lowest BCUT2D eigenvalue weighted by molar-refractivity contribution is -0.917. The van der Waals surface area contributed by atoms with E-state index in [-0.39, 0.29) is 11.7 Å². The minimum atomic E-state index is -0.240. The molecule has 2 aromatic rings. The summed E-state index contributed by atoms with van der Waals surface area (Å²) in [5.74, 6) is 0.933. The van der Waals surface area contributed by atoms with Crippen molar-refractivity contribution in [1.29, 1.82) is 0 Å². The number of amides is 1. The second-order valence-electron chi connectivity index (χ2n) is 6.75. The Balaban J connectivity index is 1.64. The van der Waals surface area contributed by atoms with Gasteiger partial charge >= 0.3 is 0 Å². The van der Waals surface area contributed by atoms with E-state index in [2.05, 4.69) is 0 Å². The van der Waals surface area contributed by atoms with Crippen LogP contribution in [0.2, 0.25) is 0 Å². The molecule has 0 radical (unpaired) electrons. The summed E-state index contributed by atoms with van der Waals surface area (Å²) in [5, 5.41) is 12.1. The number of hydrogen-bond donors (Lipinski definition) is 1. The summed E-state index contributed by atoms with van der Waals surface area (Å²) >= 11 is 0. The molecule has 2 aromatic carbocycles. The molecule has 28 heavy (non-hydrogen) atoms. The predicted molar refractivity (Wildman–Crippen MR) is 102 cm³/mol. The summed E-state index contributed by atoms with van der Waals surface area (Å²) in [4.78, 5) is 16.0. The number of benzene rings is 2. The van der Waals surface area contributed by atoms with E-state index in [0.29, 0.717) is 35.9 Å². The van der Waals surface area contributed by atoms with Crippen molar-refractivity contribution in [3.8, 4) is 23.0 Å². The summed E-state index contributed by atoms with van der Waals surface area (Å²) in [6.07, 6.45) is 0. The highest BCUT2D eigenvalue weighted by Gasteiger charge is 2.26. The number of methoxy groups -OCH3 is 3. The van der Waals surface area contributed by atoms with Gasteiger partial charge in [-0.2, -0.15) is 0 Å². The molecule has 0 atom stereocenters. The third-order valence-corrected chi connectivity index (χ3v) is 5.07. The smallest absolute Gasteiger partial charge is 0.258 e. The SMILES string of the molecule is COc1ccccc1C(=O)N1CC[NH+](Cc2cc(OC)c([O-])c(OC)c2)CC1. The third kappa shape index (κ3) is 4.14. The van der Waals surface area contributed by atoms with Crippen LogP contribution in [0.15, 0.2) is 36.4 Å². The van der Waals surface area contributed by atoms with E-state index in [4.69, 9.17) is 14.2 Å². The number of para-hydroxylation sites is 1. The molecule has 7 nitrogen and oxygen atoms in total. The molecule has 0 aromatic heterocycles. The summed E-state index contributed by atoms with van der Waals surface area (Å²) in [7, 11) is 4.54. The van der Waals surface area contributed by atoms with Gasteiger partial charge in [-0.3, -0.25) is 4.79 Å². The van der Waals surface area contributed by atoms with Crippen molar-refractivity contribution in [1.82, 2.24) is 4.90 Å². The van der Waals surface area contributed by atoms with Crippen LogP contribution >= 0.6 is 0 Å². The Morgan fingerprint density at radius 3 is 2.14 bits per heavy atom. The Hall–Kier alpha value is -2.93. The maximum absolute atomic E-state index is 12.8. The van der Waals surface area contributed by atoms with Gasteiger partial charge in [0.1, 0.15) is 23.8 Å². The zero-order chi connectivity index (χ0) is 20.1. The van der Waals surface area contributed by atoms with Crippen LogP contribution in [-0.4, -0.2) is 58.3 Å². The number of quaternary nitrogens is 1. The molecule has 0 bridgehead atoms.